The van der Waals surface area contributed by atoms with Gasteiger partial charge in [0.25, 0.3) is 11.8 Å². The van der Waals surface area contributed by atoms with Crippen molar-refractivity contribution in [1.82, 2.24) is 4.98 Å². The van der Waals surface area contributed by atoms with Crippen LogP contribution in [0.1, 0.15) is 31.8 Å². The van der Waals surface area contributed by atoms with E-state index in [1.807, 2.05) is 23.6 Å². The van der Waals surface area contributed by atoms with Crippen molar-refractivity contribution in [1.29, 1.82) is 0 Å². The minimum absolute atomic E-state index is 0.289. The highest BCUT2D eigenvalue weighted by atomic mass is 32.1. The van der Waals surface area contributed by atoms with Gasteiger partial charge in [-0.1, -0.05) is 42.0 Å². The first-order valence-corrected chi connectivity index (χ1v) is 10.5. The molecule has 0 fully saturated rings. The predicted molar refractivity (Wildman–Crippen MR) is 120 cm³/mol. The Morgan fingerprint density at radius 1 is 0.800 bits per heavy atom. The van der Waals surface area contributed by atoms with Crippen LogP contribution in [-0.2, 0) is 0 Å². The lowest BCUT2D eigenvalue weighted by Crippen LogP contribution is -2.29. The number of thiazole rings is 1. The van der Waals surface area contributed by atoms with Gasteiger partial charge in [0.1, 0.15) is 5.01 Å². The van der Waals surface area contributed by atoms with Crippen LogP contribution < -0.4 is 4.90 Å². The van der Waals surface area contributed by atoms with E-state index >= 15 is 0 Å². The number of imide groups is 1. The van der Waals surface area contributed by atoms with E-state index in [1.54, 1.807) is 41.7 Å². The molecule has 0 radical (unpaired) electrons. The van der Waals surface area contributed by atoms with Crippen molar-refractivity contribution in [2.45, 2.75) is 13.8 Å². The number of hydrogen-bond acceptors (Lipinski definition) is 4. The minimum Gasteiger partial charge on any atom is -0.268 e. The fourth-order valence-corrected chi connectivity index (χ4v) is 4.56. The number of benzene rings is 3. The van der Waals surface area contributed by atoms with Crippen LogP contribution in [0.4, 0.5) is 5.69 Å². The van der Waals surface area contributed by atoms with Crippen molar-refractivity contribution < 1.29 is 9.59 Å². The maximum absolute atomic E-state index is 12.8. The van der Waals surface area contributed by atoms with E-state index in [-0.39, 0.29) is 11.8 Å². The molecule has 0 atom stereocenters. The lowest BCUT2D eigenvalue weighted by Gasteiger charge is -2.14. The van der Waals surface area contributed by atoms with E-state index < -0.39 is 0 Å². The molecule has 3 aromatic carbocycles. The van der Waals surface area contributed by atoms with E-state index in [1.165, 1.54) is 16.0 Å². The van der Waals surface area contributed by atoms with Crippen LogP contribution in [0.15, 0.2) is 72.1 Å². The fraction of sp³-hybridized carbons (Fsp3) is 0.0800. The average Bonchev–Trinajstić information content (AvgIpc) is 3.34. The first-order chi connectivity index (χ1) is 14.5. The summed E-state index contributed by atoms with van der Waals surface area (Å²) in [6, 6.07) is 20.7. The molecule has 4 aromatic rings. The number of amides is 2. The summed E-state index contributed by atoms with van der Waals surface area (Å²) in [6.07, 6.45) is 0. The second kappa shape index (κ2) is 7.04. The van der Waals surface area contributed by atoms with Crippen LogP contribution in [0.5, 0.6) is 0 Å². The Balaban J connectivity index is 1.51. The van der Waals surface area contributed by atoms with Gasteiger partial charge in [-0.25, -0.2) is 9.88 Å². The Morgan fingerprint density at radius 3 is 2.27 bits per heavy atom. The van der Waals surface area contributed by atoms with Gasteiger partial charge >= 0.3 is 0 Å². The second-order valence-corrected chi connectivity index (χ2v) is 8.26. The van der Waals surface area contributed by atoms with Gasteiger partial charge in [-0.15, -0.1) is 11.3 Å². The Bertz CT molecular complexity index is 1290. The zero-order chi connectivity index (χ0) is 20.8. The summed E-state index contributed by atoms with van der Waals surface area (Å²) in [4.78, 5) is 31.7. The molecule has 0 spiro atoms. The Kier molecular flexibility index (Phi) is 4.33. The summed E-state index contributed by atoms with van der Waals surface area (Å²) in [5.74, 6) is -0.578. The smallest absolute Gasteiger partial charge is 0.266 e. The molecule has 1 aromatic heterocycles. The Labute approximate surface area is 178 Å². The Hall–Kier alpha value is -3.57. The van der Waals surface area contributed by atoms with Crippen LogP contribution in [0, 0.1) is 13.8 Å². The summed E-state index contributed by atoms with van der Waals surface area (Å²) in [7, 11) is 0. The Morgan fingerprint density at radius 2 is 1.53 bits per heavy atom. The number of hydrogen-bond donors (Lipinski definition) is 0. The van der Waals surface area contributed by atoms with Crippen LogP contribution in [0.3, 0.4) is 0 Å². The van der Waals surface area contributed by atoms with E-state index in [0.29, 0.717) is 16.8 Å². The third kappa shape index (κ3) is 2.95. The number of carbonyl (C=O) groups excluding carboxylic acids is 2. The predicted octanol–water partition coefficient (Wildman–Crippen LogP) is 5.89. The molecule has 2 heterocycles. The van der Waals surface area contributed by atoms with Gasteiger partial charge in [0.2, 0.25) is 0 Å². The van der Waals surface area contributed by atoms with Crippen molar-refractivity contribution in [3.05, 3.63) is 94.4 Å². The third-order valence-corrected chi connectivity index (χ3v) is 6.21. The van der Waals surface area contributed by atoms with Crippen molar-refractivity contribution in [2.75, 3.05) is 4.90 Å². The maximum atomic E-state index is 12.8. The number of aromatic nitrogens is 1. The first kappa shape index (κ1) is 18.5. The molecule has 5 rings (SSSR count). The zero-order valence-corrected chi connectivity index (χ0v) is 17.4. The molecule has 0 aliphatic carbocycles. The van der Waals surface area contributed by atoms with Gasteiger partial charge in [-0.2, -0.15) is 0 Å². The van der Waals surface area contributed by atoms with E-state index in [9.17, 15) is 9.59 Å². The van der Waals surface area contributed by atoms with Crippen molar-refractivity contribution in [3.8, 4) is 21.8 Å². The summed E-state index contributed by atoms with van der Waals surface area (Å²) in [5, 5.41) is 2.90. The number of carbonyl (C=O) groups is 2. The van der Waals surface area contributed by atoms with Crippen LogP contribution in [-0.4, -0.2) is 16.8 Å². The van der Waals surface area contributed by atoms with E-state index in [4.69, 9.17) is 4.98 Å². The molecule has 30 heavy (non-hydrogen) atoms. The molecule has 0 N–H and O–H groups in total. The molecular weight excluding hydrogens is 392 g/mol. The number of rotatable bonds is 3. The second-order valence-electron chi connectivity index (χ2n) is 7.40. The highest BCUT2D eigenvalue weighted by molar-refractivity contribution is 7.13. The van der Waals surface area contributed by atoms with Crippen LogP contribution in [0.25, 0.3) is 21.8 Å². The van der Waals surface area contributed by atoms with Crippen LogP contribution >= 0.6 is 11.3 Å². The van der Waals surface area contributed by atoms with E-state index in [0.717, 1.165) is 21.8 Å². The molecular formula is C25H18N2O2S. The first-order valence-electron chi connectivity index (χ1n) is 9.64. The normalized spacial score (nSPS) is 13.1. The molecule has 4 nitrogen and oxygen atoms in total. The quantitative estimate of drug-likeness (QED) is 0.396. The standard InChI is InChI=1S/C25H18N2O2S/c1-15-10-11-16(2)21(12-15)22-14-30-23(26-22)17-6-5-7-18(13-17)27-24(28)19-8-3-4-9-20(19)25(27)29/h3-14H,1-2H3. The largest absolute Gasteiger partial charge is 0.268 e. The summed E-state index contributed by atoms with van der Waals surface area (Å²) in [6.45, 7) is 4.15. The number of nitrogens with zero attached hydrogens (tertiary/aromatic N) is 2. The third-order valence-electron chi connectivity index (χ3n) is 5.32. The lowest BCUT2D eigenvalue weighted by molar-refractivity contribution is 0.0926. The highest BCUT2D eigenvalue weighted by Gasteiger charge is 2.36. The topological polar surface area (TPSA) is 50.3 Å². The molecule has 0 bridgehead atoms. The number of aryl methyl sites for hydroxylation is 2. The number of anilines is 1. The van der Waals surface area contributed by atoms with Crippen molar-refractivity contribution >= 4 is 28.8 Å². The van der Waals surface area contributed by atoms with Gasteiger partial charge < -0.3 is 0 Å². The minimum atomic E-state index is -0.289. The van der Waals surface area contributed by atoms with Gasteiger partial charge in [0.15, 0.2) is 0 Å². The molecule has 0 unspecified atom stereocenters. The van der Waals surface area contributed by atoms with Gasteiger partial charge in [-0.05, 0) is 49.7 Å². The maximum Gasteiger partial charge on any atom is 0.266 e. The number of fused-ring (bicyclic) bond motifs is 1. The fourth-order valence-electron chi connectivity index (χ4n) is 3.74. The van der Waals surface area contributed by atoms with Crippen molar-refractivity contribution in [3.63, 3.8) is 0 Å². The molecule has 146 valence electrons. The molecule has 1 aliphatic heterocycles. The monoisotopic (exact) mass is 410 g/mol. The summed E-state index contributed by atoms with van der Waals surface area (Å²) < 4.78 is 0. The van der Waals surface area contributed by atoms with Gasteiger partial charge in [-0.3, -0.25) is 9.59 Å². The van der Waals surface area contributed by atoms with Crippen LogP contribution in [0.2, 0.25) is 0 Å². The summed E-state index contributed by atoms with van der Waals surface area (Å²) >= 11 is 1.55. The summed E-state index contributed by atoms with van der Waals surface area (Å²) in [5.41, 5.74) is 6.75. The molecule has 5 heteroatoms. The molecule has 1 aliphatic rings. The highest BCUT2D eigenvalue weighted by Crippen LogP contribution is 2.34. The van der Waals surface area contributed by atoms with E-state index in [2.05, 4.69) is 32.0 Å². The molecule has 2 amide bonds. The molecule has 0 saturated carbocycles. The zero-order valence-electron chi connectivity index (χ0n) is 16.5. The lowest BCUT2D eigenvalue weighted by atomic mass is 10.0. The SMILES string of the molecule is Cc1ccc(C)c(-c2csc(-c3cccc(N4C(=O)c5ccccc5C4=O)c3)n2)c1. The average molecular weight is 410 g/mol. The molecule has 0 saturated heterocycles. The van der Waals surface area contributed by atoms with Gasteiger partial charge in [0.05, 0.1) is 22.5 Å². The van der Waals surface area contributed by atoms with Crippen molar-refractivity contribution in [2.24, 2.45) is 0 Å². The van der Waals surface area contributed by atoms with Gasteiger partial charge in [0, 0.05) is 16.5 Å².